The predicted molar refractivity (Wildman–Crippen MR) is 66.3 cm³/mol. The molecule has 0 N–H and O–H groups in total. The Balaban J connectivity index is 2.15. The number of ether oxygens (including phenoxy) is 1. The van der Waals surface area contributed by atoms with Gasteiger partial charge in [-0.15, -0.1) is 10.2 Å². The fraction of sp³-hybridized carbons (Fsp3) is 0. The SMILES string of the molecule is Clc1ccc(Oc2ccc(I)cc2)nn1. The minimum atomic E-state index is 0.352. The minimum absolute atomic E-state index is 0.352. The molecule has 0 unspecified atom stereocenters. The molecule has 0 bridgehead atoms. The van der Waals surface area contributed by atoms with Crippen LogP contribution in [0.3, 0.4) is 0 Å². The van der Waals surface area contributed by atoms with Crippen molar-refractivity contribution in [1.82, 2.24) is 10.2 Å². The maximum Gasteiger partial charge on any atom is 0.238 e. The van der Waals surface area contributed by atoms with Crippen LogP contribution in [0.15, 0.2) is 36.4 Å². The van der Waals surface area contributed by atoms with Crippen LogP contribution in [0, 0.1) is 3.57 Å². The molecule has 0 aliphatic carbocycles. The summed E-state index contributed by atoms with van der Waals surface area (Å²) in [5, 5.41) is 7.82. The zero-order chi connectivity index (χ0) is 10.7. The van der Waals surface area contributed by atoms with Gasteiger partial charge in [-0.2, -0.15) is 0 Å². The first-order valence-corrected chi connectivity index (χ1v) is 5.62. The molecule has 0 atom stereocenters. The zero-order valence-electron chi connectivity index (χ0n) is 7.52. The Hall–Kier alpha value is -0.880. The third-order valence-electron chi connectivity index (χ3n) is 1.64. The second-order valence-corrected chi connectivity index (χ2v) is 4.38. The molecule has 1 aromatic carbocycles. The summed E-state index contributed by atoms with van der Waals surface area (Å²) in [4.78, 5) is 0. The van der Waals surface area contributed by atoms with Crippen LogP contribution in [0.25, 0.3) is 0 Å². The van der Waals surface area contributed by atoms with Gasteiger partial charge in [0.2, 0.25) is 5.88 Å². The Bertz CT molecular complexity index is 400. The predicted octanol–water partition coefficient (Wildman–Crippen LogP) is 3.53. The molecule has 0 saturated carbocycles. The minimum Gasteiger partial charge on any atom is -0.438 e. The summed E-state index contributed by atoms with van der Waals surface area (Å²) in [6.07, 6.45) is 0. The molecule has 0 spiro atoms. The molecule has 2 rings (SSSR count). The van der Waals surface area contributed by atoms with E-state index in [-0.39, 0.29) is 0 Å². The number of hydrogen-bond acceptors (Lipinski definition) is 3. The molecule has 2 aromatic rings. The van der Waals surface area contributed by atoms with Gasteiger partial charge in [0.25, 0.3) is 0 Å². The fourth-order valence-corrected chi connectivity index (χ4v) is 1.44. The largest absolute Gasteiger partial charge is 0.438 e. The first-order chi connectivity index (χ1) is 7.24. The van der Waals surface area contributed by atoms with Gasteiger partial charge in [-0.3, -0.25) is 0 Å². The summed E-state index contributed by atoms with van der Waals surface area (Å²) in [6, 6.07) is 11.0. The highest BCUT2D eigenvalue weighted by Gasteiger charge is 1.98. The van der Waals surface area contributed by atoms with Gasteiger partial charge < -0.3 is 4.74 Å². The van der Waals surface area contributed by atoms with E-state index in [9.17, 15) is 0 Å². The van der Waals surface area contributed by atoms with Crippen molar-refractivity contribution in [2.24, 2.45) is 0 Å². The summed E-state index contributed by atoms with van der Waals surface area (Å²) in [5.74, 6) is 1.16. The van der Waals surface area contributed by atoms with Gasteiger partial charge >= 0.3 is 0 Å². The Kier molecular flexibility index (Phi) is 3.37. The van der Waals surface area contributed by atoms with Gasteiger partial charge in [-0.05, 0) is 52.9 Å². The van der Waals surface area contributed by atoms with Gasteiger partial charge in [-0.25, -0.2) is 0 Å². The molecule has 5 heteroatoms. The highest BCUT2D eigenvalue weighted by atomic mass is 127. The molecule has 76 valence electrons. The van der Waals surface area contributed by atoms with Crippen molar-refractivity contribution in [1.29, 1.82) is 0 Å². The molecular formula is C10H6ClIN2O. The van der Waals surface area contributed by atoms with Crippen LogP contribution in [0.1, 0.15) is 0 Å². The fourth-order valence-electron chi connectivity index (χ4n) is 0.982. The topological polar surface area (TPSA) is 35.0 Å². The third-order valence-corrected chi connectivity index (χ3v) is 2.56. The van der Waals surface area contributed by atoms with Crippen molar-refractivity contribution in [3.63, 3.8) is 0 Å². The molecule has 3 nitrogen and oxygen atoms in total. The summed E-state index contributed by atoms with van der Waals surface area (Å²) < 4.78 is 6.61. The number of aromatic nitrogens is 2. The molecule has 1 aromatic heterocycles. The molecule has 1 heterocycles. The monoisotopic (exact) mass is 332 g/mol. The van der Waals surface area contributed by atoms with E-state index in [4.69, 9.17) is 16.3 Å². The Labute approximate surface area is 106 Å². The quantitative estimate of drug-likeness (QED) is 0.789. The van der Waals surface area contributed by atoms with Gasteiger partial charge in [0.05, 0.1) is 0 Å². The van der Waals surface area contributed by atoms with Crippen LogP contribution < -0.4 is 4.74 Å². The number of nitrogens with zero attached hydrogens (tertiary/aromatic N) is 2. The third kappa shape index (κ3) is 3.04. The van der Waals surface area contributed by atoms with Gasteiger partial charge in [0.15, 0.2) is 5.15 Å². The zero-order valence-corrected chi connectivity index (χ0v) is 10.4. The van der Waals surface area contributed by atoms with Gasteiger partial charge in [0, 0.05) is 9.64 Å². The van der Waals surface area contributed by atoms with E-state index in [1.807, 2.05) is 24.3 Å². The molecule has 0 amide bonds. The van der Waals surface area contributed by atoms with E-state index in [1.54, 1.807) is 12.1 Å². The van der Waals surface area contributed by atoms with Crippen LogP contribution in [0.2, 0.25) is 5.15 Å². The second kappa shape index (κ2) is 4.76. The Morgan fingerprint density at radius 3 is 2.33 bits per heavy atom. The van der Waals surface area contributed by atoms with E-state index >= 15 is 0 Å². The van der Waals surface area contributed by atoms with Crippen molar-refractivity contribution >= 4 is 34.2 Å². The Morgan fingerprint density at radius 1 is 1.00 bits per heavy atom. The van der Waals surface area contributed by atoms with Crippen LogP contribution in [-0.4, -0.2) is 10.2 Å². The lowest BCUT2D eigenvalue weighted by Crippen LogP contribution is -1.89. The summed E-state index contributed by atoms with van der Waals surface area (Å²) in [6.45, 7) is 0. The lowest BCUT2D eigenvalue weighted by atomic mass is 10.3. The molecular weight excluding hydrogens is 326 g/mol. The number of rotatable bonds is 2. The average Bonchev–Trinajstić information content (AvgIpc) is 2.25. The van der Waals surface area contributed by atoms with Crippen LogP contribution in [0.4, 0.5) is 0 Å². The van der Waals surface area contributed by atoms with E-state index < -0.39 is 0 Å². The Morgan fingerprint density at radius 2 is 1.73 bits per heavy atom. The van der Waals surface area contributed by atoms with E-state index in [0.717, 1.165) is 9.32 Å². The second-order valence-electron chi connectivity index (χ2n) is 2.75. The molecule has 0 radical (unpaired) electrons. The molecule has 0 fully saturated rings. The summed E-state index contributed by atoms with van der Waals surface area (Å²) >= 11 is 7.84. The van der Waals surface area contributed by atoms with Gasteiger partial charge in [0.1, 0.15) is 5.75 Å². The van der Waals surface area contributed by atoms with Gasteiger partial charge in [-0.1, -0.05) is 11.6 Å². The van der Waals surface area contributed by atoms with Crippen LogP contribution in [-0.2, 0) is 0 Å². The maximum absolute atomic E-state index is 5.61. The maximum atomic E-state index is 5.61. The molecule has 0 aliphatic heterocycles. The van der Waals surface area contributed by atoms with Crippen molar-refractivity contribution in [3.05, 3.63) is 45.1 Å². The lowest BCUT2D eigenvalue weighted by Gasteiger charge is -2.03. The molecule has 0 aliphatic rings. The van der Waals surface area contributed by atoms with Crippen molar-refractivity contribution in [2.75, 3.05) is 0 Å². The van der Waals surface area contributed by atoms with Crippen LogP contribution in [0.5, 0.6) is 11.6 Å². The molecule has 15 heavy (non-hydrogen) atoms. The van der Waals surface area contributed by atoms with Crippen molar-refractivity contribution < 1.29 is 4.74 Å². The highest BCUT2D eigenvalue weighted by Crippen LogP contribution is 2.20. The highest BCUT2D eigenvalue weighted by molar-refractivity contribution is 14.1. The first-order valence-electron chi connectivity index (χ1n) is 4.17. The summed E-state index contributed by atoms with van der Waals surface area (Å²) in [7, 11) is 0. The first kappa shape index (κ1) is 10.6. The van der Waals surface area contributed by atoms with E-state index in [2.05, 4.69) is 32.8 Å². The summed E-state index contributed by atoms with van der Waals surface area (Å²) in [5.41, 5.74) is 0. The van der Waals surface area contributed by atoms with E-state index in [0.29, 0.717) is 11.0 Å². The smallest absolute Gasteiger partial charge is 0.238 e. The average molecular weight is 333 g/mol. The molecule has 0 saturated heterocycles. The van der Waals surface area contributed by atoms with E-state index in [1.165, 1.54) is 0 Å². The van der Waals surface area contributed by atoms with Crippen molar-refractivity contribution in [2.45, 2.75) is 0 Å². The lowest BCUT2D eigenvalue weighted by molar-refractivity contribution is 0.455. The van der Waals surface area contributed by atoms with Crippen molar-refractivity contribution in [3.8, 4) is 11.6 Å². The standard InChI is InChI=1S/C10H6ClIN2O/c11-9-5-6-10(14-13-9)15-8-3-1-7(12)2-4-8/h1-6H. The normalized spacial score (nSPS) is 10.0. The number of halogens is 2. The number of benzene rings is 1. The van der Waals surface area contributed by atoms with Crippen LogP contribution >= 0.6 is 34.2 Å². The number of hydrogen-bond donors (Lipinski definition) is 0.